The minimum absolute atomic E-state index is 0.0275. The fourth-order valence-corrected chi connectivity index (χ4v) is 3.09. The lowest BCUT2D eigenvalue weighted by Crippen LogP contribution is -2.31. The van der Waals surface area contributed by atoms with Crippen LogP contribution in [0.25, 0.3) is 0 Å². The number of benzene rings is 1. The summed E-state index contributed by atoms with van der Waals surface area (Å²) in [5.74, 6) is -0.723. The average molecular weight is 309 g/mol. The lowest BCUT2D eigenvalue weighted by Gasteiger charge is -2.21. The molecule has 0 saturated carbocycles. The molecule has 2 rings (SSSR count). The molecule has 1 N–H and O–H groups in total. The van der Waals surface area contributed by atoms with E-state index < -0.39 is 11.7 Å². The molecule has 106 valence electrons. The van der Waals surface area contributed by atoms with Gasteiger partial charge in [-0.1, -0.05) is 19.9 Å². The molecule has 0 fully saturated rings. The Bertz CT molecular complexity index is 596. The Balaban J connectivity index is 2.23. The normalized spacial score (nSPS) is 12.4. The molecule has 0 saturated heterocycles. The Hall–Kier alpha value is -1.33. The summed E-state index contributed by atoms with van der Waals surface area (Å²) in [7, 11) is 0. The predicted molar refractivity (Wildman–Crippen MR) is 83.0 cm³/mol. The first-order chi connectivity index (χ1) is 9.49. The van der Waals surface area contributed by atoms with Crippen LogP contribution in [0.3, 0.4) is 0 Å². The van der Waals surface area contributed by atoms with Crippen molar-refractivity contribution in [2.24, 2.45) is 5.92 Å². The van der Waals surface area contributed by atoms with E-state index in [-0.39, 0.29) is 17.5 Å². The third-order valence-corrected chi connectivity index (χ3v) is 4.23. The van der Waals surface area contributed by atoms with Crippen molar-refractivity contribution in [1.82, 2.24) is 5.32 Å². The van der Waals surface area contributed by atoms with Crippen molar-refractivity contribution >= 4 is 29.9 Å². The molecule has 0 aliphatic rings. The second-order valence-electron chi connectivity index (χ2n) is 4.87. The minimum atomic E-state index is -0.533. The monoisotopic (exact) mass is 309 g/mol. The van der Waals surface area contributed by atoms with Gasteiger partial charge in [0, 0.05) is 9.77 Å². The largest absolute Gasteiger partial charge is 0.344 e. The second kappa shape index (κ2) is 6.41. The second-order valence-corrected chi connectivity index (χ2v) is 6.37. The Kier molecular flexibility index (Phi) is 4.83. The first kappa shape index (κ1) is 15.1. The zero-order valence-electron chi connectivity index (χ0n) is 11.3. The van der Waals surface area contributed by atoms with Crippen molar-refractivity contribution in [2.45, 2.75) is 24.8 Å². The number of thiophene rings is 1. The SMILES string of the molecule is CC(C)C(NC(=O)c1cc(S)ccc1F)c1cccs1. The highest BCUT2D eigenvalue weighted by Gasteiger charge is 2.21. The van der Waals surface area contributed by atoms with Gasteiger partial charge in [0.25, 0.3) is 5.91 Å². The van der Waals surface area contributed by atoms with Crippen LogP contribution < -0.4 is 5.32 Å². The van der Waals surface area contributed by atoms with Crippen LogP contribution in [-0.4, -0.2) is 5.91 Å². The maximum atomic E-state index is 13.7. The number of amides is 1. The van der Waals surface area contributed by atoms with E-state index in [1.807, 2.05) is 31.4 Å². The summed E-state index contributed by atoms with van der Waals surface area (Å²) in [4.78, 5) is 13.9. The third kappa shape index (κ3) is 3.41. The van der Waals surface area contributed by atoms with Crippen molar-refractivity contribution in [3.63, 3.8) is 0 Å². The summed E-state index contributed by atoms with van der Waals surface area (Å²) < 4.78 is 13.7. The van der Waals surface area contributed by atoms with Crippen LogP contribution >= 0.6 is 24.0 Å². The van der Waals surface area contributed by atoms with Gasteiger partial charge in [-0.25, -0.2) is 4.39 Å². The van der Waals surface area contributed by atoms with Gasteiger partial charge in [0.2, 0.25) is 0 Å². The van der Waals surface area contributed by atoms with Crippen LogP contribution in [0.2, 0.25) is 0 Å². The van der Waals surface area contributed by atoms with Gasteiger partial charge >= 0.3 is 0 Å². The smallest absolute Gasteiger partial charge is 0.254 e. The first-order valence-electron chi connectivity index (χ1n) is 6.32. The minimum Gasteiger partial charge on any atom is -0.344 e. The molecule has 2 aromatic rings. The van der Waals surface area contributed by atoms with Crippen molar-refractivity contribution in [3.8, 4) is 0 Å². The van der Waals surface area contributed by atoms with Gasteiger partial charge in [-0.15, -0.1) is 24.0 Å². The van der Waals surface area contributed by atoms with Crippen molar-refractivity contribution < 1.29 is 9.18 Å². The molecule has 0 bridgehead atoms. The molecule has 0 aliphatic carbocycles. The Labute approximate surface area is 127 Å². The maximum absolute atomic E-state index is 13.7. The molecule has 1 heterocycles. The van der Waals surface area contributed by atoms with Gasteiger partial charge in [-0.05, 0) is 35.6 Å². The average Bonchev–Trinajstić information content (AvgIpc) is 2.91. The molecule has 2 nitrogen and oxygen atoms in total. The number of thiol groups is 1. The fourth-order valence-electron chi connectivity index (χ4n) is 1.94. The van der Waals surface area contributed by atoms with Gasteiger partial charge in [0.15, 0.2) is 0 Å². The highest BCUT2D eigenvalue weighted by Crippen LogP contribution is 2.26. The highest BCUT2D eigenvalue weighted by molar-refractivity contribution is 7.80. The molecule has 1 aromatic carbocycles. The molecule has 1 amide bonds. The summed E-state index contributed by atoms with van der Waals surface area (Å²) in [6, 6.07) is 8.02. The summed E-state index contributed by atoms with van der Waals surface area (Å²) in [5, 5.41) is 4.86. The molecule has 0 aliphatic heterocycles. The fraction of sp³-hybridized carbons (Fsp3) is 0.267. The maximum Gasteiger partial charge on any atom is 0.254 e. The molecule has 1 unspecified atom stereocenters. The van der Waals surface area contributed by atoms with Gasteiger partial charge < -0.3 is 5.32 Å². The summed E-state index contributed by atoms with van der Waals surface area (Å²) in [6.07, 6.45) is 0. The zero-order chi connectivity index (χ0) is 14.7. The van der Waals surface area contributed by atoms with Gasteiger partial charge in [-0.3, -0.25) is 4.79 Å². The van der Waals surface area contributed by atoms with E-state index in [1.54, 1.807) is 11.3 Å². The van der Waals surface area contributed by atoms with E-state index in [4.69, 9.17) is 0 Å². The highest BCUT2D eigenvalue weighted by atomic mass is 32.1. The third-order valence-electron chi connectivity index (χ3n) is 3.00. The number of hydrogen-bond donors (Lipinski definition) is 2. The van der Waals surface area contributed by atoms with Gasteiger partial charge in [0.1, 0.15) is 5.82 Å². The quantitative estimate of drug-likeness (QED) is 0.810. The molecule has 1 atom stereocenters. The van der Waals surface area contributed by atoms with E-state index in [0.717, 1.165) is 4.88 Å². The summed E-state index contributed by atoms with van der Waals surface area (Å²) in [6.45, 7) is 4.05. The Morgan fingerprint density at radius 1 is 1.35 bits per heavy atom. The number of carbonyl (C=O) groups excluding carboxylic acids is 1. The molecular formula is C15H16FNOS2. The number of halogens is 1. The van der Waals surface area contributed by atoms with Crippen LogP contribution in [0.5, 0.6) is 0 Å². The van der Waals surface area contributed by atoms with Crippen LogP contribution in [0.1, 0.15) is 35.1 Å². The zero-order valence-corrected chi connectivity index (χ0v) is 13.0. The van der Waals surface area contributed by atoms with E-state index in [1.165, 1.54) is 18.2 Å². The van der Waals surface area contributed by atoms with Crippen LogP contribution in [0.15, 0.2) is 40.6 Å². The summed E-state index contributed by atoms with van der Waals surface area (Å²) >= 11 is 5.72. The molecule has 1 aromatic heterocycles. The Morgan fingerprint density at radius 3 is 2.70 bits per heavy atom. The number of nitrogens with one attached hydrogen (secondary N) is 1. The molecule has 20 heavy (non-hydrogen) atoms. The van der Waals surface area contributed by atoms with Crippen molar-refractivity contribution in [2.75, 3.05) is 0 Å². The van der Waals surface area contributed by atoms with Crippen LogP contribution in [-0.2, 0) is 0 Å². The molecule has 5 heteroatoms. The lowest BCUT2D eigenvalue weighted by atomic mass is 10.0. The van der Waals surface area contributed by atoms with Crippen LogP contribution in [0, 0.1) is 11.7 Å². The van der Waals surface area contributed by atoms with Gasteiger partial charge in [-0.2, -0.15) is 0 Å². The number of hydrogen-bond acceptors (Lipinski definition) is 3. The molecular weight excluding hydrogens is 293 g/mol. The van der Waals surface area contributed by atoms with E-state index in [2.05, 4.69) is 17.9 Å². The standard InChI is InChI=1S/C15H16FNOS2/c1-9(2)14(13-4-3-7-20-13)17-15(18)11-8-10(19)5-6-12(11)16/h3-9,14,19H,1-2H3,(H,17,18). The lowest BCUT2D eigenvalue weighted by molar-refractivity contribution is 0.0922. The molecule has 0 spiro atoms. The predicted octanol–water partition coefficient (Wildman–Crippen LogP) is 4.30. The van der Waals surface area contributed by atoms with Crippen molar-refractivity contribution in [3.05, 3.63) is 52.0 Å². The van der Waals surface area contributed by atoms with Crippen LogP contribution in [0.4, 0.5) is 4.39 Å². The summed E-state index contributed by atoms with van der Waals surface area (Å²) in [5.41, 5.74) is 0.0275. The van der Waals surface area contributed by atoms with E-state index in [0.29, 0.717) is 4.90 Å². The van der Waals surface area contributed by atoms with E-state index >= 15 is 0 Å². The molecule has 0 radical (unpaired) electrons. The van der Waals surface area contributed by atoms with Gasteiger partial charge in [0.05, 0.1) is 11.6 Å². The first-order valence-corrected chi connectivity index (χ1v) is 7.64. The van der Waals surface area contributed by atoms with Crippen molar-refractivity contribution in [1.29, 1.82) is 0 Å². The Morgan fingerprint density at radius 2 is 2.10 bits per heavy atom. The van der Waals surface area contributed by atoms with E-state index in [9.17, 15) is 9.18 Å². The number of rotatable bonds is 4. The topological polar surface area (TPSA) is 29.1 Å². The number of carbonyl (C=O) groups is 1.